The number of hydrogen-bond acceptors (Lipinski definition) is 10. The molecule has 12 heteroatoms. The molecule has 5 heterocycles. The molecule has 2 N–H and O–H groups in total. The van der Waals surface area contributed by atoms with Crippen molar-refractivity contribution in [1.29, 1.82) is 0 Å². The molecule has 1 atom stereocenters. The normalized spacial score (nSPS) is 18.1. The molecule has 5 aromatic rings. The smallest absolute Gasteiger partial charge is 0.201 e. The number of hydrogen-bond donors (Lipinski definition) is 1. The number of nitrogen functional groups attached to an aromatic ring is 1. The van der Waals surface area contributed by atoms with E-state index in [9.17, 15) is 9.59 Å². The third-order valence-corrected chi connectivity index (χ3v) is 9.42. The zero-order chi connectivity index (χ0) is 42.7. The van der Waals surface area contributed by atoms with Gasteiger partial charge < -0.3 is 34.0 Å². The summed E-state index contributed by atoms with van der Waals surface area (Å²) in [5, 5.41) is 0. The molecule has 2 aromatic carbocycles. The van der Waals surface area contributed by atoms with Crippen LogP contribution in [0.2, 0.25) is 0 Å². The summed E-state index contributed by atoms with van der Waals surface area (Å²) < 4.78 is 95.0. The minimum absolute atomic E-state index is 0.0258. The van der Waals surface area contributed by atoms with Crippen molar-refractivity contribution >= 4 is 11.6 Å². The summed E-state index contributed by atoms with van der Waals surface area (Å²) in [4.78, 5) is 36.3. The molecule has 54 heavy (non-hydrogen) atoms. The number of nitrogens with zero attached hydrogens (tertiary/aromatic N) is 3. The number of methoxy groups -OCH3 is 1. The van der Waals surface area contributed by atoms with Crippen LogP contribution in [0.5, 0.6) is 11.5 Å². The number of benzene rings is 2. The number of Topliss-reactive ketones (excluding diaryl/α,β-unsaturated/α-hetero) is 1. The molecule has 280 valence electrons. The number of carbonyl (C=O) groups is 1. The Morgan fingerprint density at radius 3 is 2.63 bits per heavy atom. The van der Waals surface area contributed by atoms with Crippen LogP contribution in [0, 0.1) is 18.7 Å². The molecule has 0 unspecified atom stereocenters. The van der Waals surface area contributed by atoms with E-state index >= 15 is 4.39 Å². The van der Waals surface area contributed by atoms with Gasteiger partial charge in [0.1, 0.15) is 24.3 Å². The fourth-order valence-electron chi connectivity index (χ4n) is 6.47. The predicted octanol–water partition coefficient (Wildman–Crippen LogP) is 6.32. The fourth-order valence-corrected chi connectivity index (χ4v) is 6.47. The highest BCUT2D eigenvalue weighted by atomic mass is 19.1. The number of rotatable bonds is 12. The van der Waals surface area contributed by atoms with Crippen LogP contribution in [0.1, 0.15) is 42.6 Å². The van der Waals surface area contributed by atoms with E-state index in [2.05, 4.69) is 9.97 Å². The Kier molecular flexibility index (Phi) is 9.27. The first-order chi connectivity index (χ1) is 28.7. The average Bonchev–Trinajstić information content (AvgIpc) is 3.22. The van der Waals surface area contributed by atoms with Gasteiger partial charge in [-0.3, -0.25) is 14.6 Å². The van der Waals surface area contributed by atoms with Gasteiger partial charge in [0, 0.05) is 67.7 Å². The molecule has 0 radical (unpaired) electrons. The summed E-state index contributed by atoms with van der Waals surface area (Å²) in [6.07, 6.45) is 7.00. The van der Waals surface area contributed by atoms with Crippen LogP contribution in [-0.2, 0) is 27.2 Å². The standard InChI is InChI=1S/C42H43FN4O7/c1-26-3-7-37(45-19-26)34-22-47(21-27-9-11-51-12-10-27)23-35(41(34)49)38(48)16-28-4-6-32(36(43)15-28)33-17-30(20-46-42(33)44)29-5-8-39(40(18-29)50-2)54-25-31-24-52-13-14-53-31/h3-8,15,17-20,22-23,27,31H,9-14,16,21,24-25H2,1-2H3,(H2,44,46)/t31-/m1/s1/i2D3,5D,8D,18D. The lowest BCUT2D eigenvalue weighted by molar-refractivity contribution is -0.101. The Hall–Kier alpha value is -5.43. The molecule has 2 aliphatic rings. The lowest BCUT2D eigenvalue weighted by atomic mass is 9.96. The summed E-state index contributed by atoms with van der Waals surface area (Å²) in [6.45, 7) is 4.46. The molecule has 0 aliphatic carbocycles. The van der Waals surface area contributed by atoms with Crippen molar-refractivity contribution < 1.29 is 41.1 Å². The monoisotopic (exact) mass is 740 g/mol. The second-order valence-electron chi connectivity index (χ2n) is 13.3. The van der Waals surface area contributed by atoms with Crippen molar-refractivity contribution in [2.75, 3.05) is 52.4 Å². The number of nitrogens with two attached hydrogens (primary N) is 1. The number of ether oxygens (including phenoxy) is 5. The van der Waals surface area contributed by atoms with Gasteiger partial charge in [0.2, 0.25) is 5.43 Å². The van der Waals surface area contributed by atoms with E-state index in [0.717, 1.165) is 24.5 Å². The highest BCUT2D eigenvalue weighted by Gasteiger charge is 2.22. The molecule has 2 aliphatic heterocycles. The van der Waals surface area contributed by atoms with E-state index in [-0.39, 0.29) is 64.4 Å². The third-order valence-electron chi connectivity index (χ3n) is 9.42. The second kappa shape index (κ2) is 16.7. The first-order valence-electron chi connectivity index (χ1n) is 20.6. The lowest BCUT2D eigenvalue weighted by Crippen LogP contribution is -2.33. The number of anilines is 1. The summed E-state index contributed by atoms with van der Waals surface area (Å²) in [5.41, 5.74) is 7.48. The van der Waals surface area contributed by atoms with Crippen molar-refractivity contribution in [3.05, 3.63) is 112 Å². The number of aryl methyl sites for hydroxylation is 1. The van der Waals surface area contributed by atoms with Crippen molar-refractivity contribution in [2.24, 2.45) is 5.92 Å². The first-order valence-corrected chi connectivity index (χ1v) is 17.6. The molecular formula is C42H43FN4O7. The number of halogens is 1. The van der Waals surface area contributed by atoms with Crippen LogP contribution in [-0.4, -0.2) is 73.1 Å². The first kappa shape index (κ1) is 30.0. The summed E-state index contributed by atoms with van der Waals surface area (Å²) in [7, 11) is -3.05. The molecule has 0 bridgehead atoms. The van der Waals surface area contributed by atoms with Gasteiger partial charge >= 0.3 is 0 Å². The van der Waals surface area contributed by atoms with Crippen LogP contribution in [0.4, 0.5) is 10.2 Å². The van der Waals surface area contributed by atoms with Crippen LogP contribution in [0.25, 0.3) is 33.5 Å². The van der Waals surface area contributed by atoms with Crippen molar-refractivity contribution in [3.8, 4) is 45.0 Å². The van der Waals surface area contributed by atoms with E-state index in [1.165, 1.54) is 24.4 Å². The Balaban J connectivity index is 1.19. The van der Waals surface area contributed by atoms with Gasteiger partial charge in [0.15, 0.2) is 17.3 Å². The van der Waals surface area contributed by atoms with Crippen LogP contribution in [0.3, 0.4) is 0 Å². The summed E-state index contributed by atoms with van der Waals surface area (Å²) in [5.74, 6) is -2.13. The second-order valence-corrected chi connectivity index (χ2v) is 13.3. The maximum atomic E-state index is 16.1. The van der Waals surface area contributed by atoms with Gasteiger partial charge in [0.25, 0.3) is 0 Å². The van der Waals surface area contributed by atoms with Crippen LogP contribution < -0.4 is 20.6 Å². The van der Waals surface area contributed by atoms with E-state index in [1.807, 2.05) is 17.6 Å². The zero-order valence-corrected chi connectivity index (χ0v) is 29.7. The number of aromatic nitrogens is 3. The van der Waals surface area contributed by atoms with Crippen molar-refractivity contribution in [3.63, 3.8) is 0 Å². The van der Waals surface area contributed by atoms with Crippen LogP contribution >= 0.6 is 0 Å². The van der Waals surface area contributed by atoms with Gasteiger partial charge in [-0.1, -0.05) is 24.2 Å². The predicted molar refractivity (Wildman–Crippen MR) is 202 cm³/mol. The summed E-state index contributed by atoms with van der Waals surface area (Å²) >= 11 is 0. The highest BCUT2D eigenvalue weighted by Crippen LogP contribution is 2.36. The Morgan fingerprint density at radius 2 is 1.87 bits per heavy atom. The largest absolute Gasteiger partial charge is 0.493 e. The maximum Gasteiger partial charge on any atom is 0.201 e. The van der Waals surface area contributed by atoms with Gasteiger partial charge in [0.05, 0.1) is 51.9 Å². The van der Waals surface area contributed by atoms with Crippen LogP contribution in [0.15, 0.2) is 84.1 Å². The topological polar surface area (TPSA) is 137 Å². The molecule has 2 saturated heterocycles. The van der Waals surface area contributed by atoms with E-state index in [4.69, 9.17) is 37.6 Å². The third kappa shape index (κ3) is 8.52. The molecular weight excluding hydrogens is 691 g/mol. The lowest BCUT2D eigenvalue weighted by Gasteiger charge is -2.23. The zero-order valence-electron chi connectivity index (χ0n) is 35.7. The van der Waals surface area contributed by atoms with Gasteiger partial charge in [-0.25, -0.2) is 9.37 Å². The molecule has 11 nitrogen and oxygen atoms in total. The molecule has 0 amide bonds. The minimum atomic E-state index is -3.05. The van der Waals surface area contributed by atoms with E-state index in [1.54, 1.807) is 24.7 Å². The Labute approximate surface area is 321 Å². The molecule has 2 fully saturated rings. The molecule has 3 aromatic heterocycles. The fraction of sp³-hybridized carbons (Fsp3) is 0.333. The highest BCUT2D eigenvalue weighted by molar-refractivity contribution is 5.98. The Morgan fingerprint density at radius 1 is 1.00 bits per heavy atom. The van der Waals surface area contributed by atoms with E-state index < -0.39 is 59.8 Å². The molecule has 0 saturated carbocycles. The minimum Gasteiger partial charge on any atom is -0.493 e. The number of pyridine rings is 3. The maximum absolute atomic E-state index is 16.1. The quantitative estimate of drug-likeness (QED) is 0.145. The molecule has 0 spiro atoms. The SMILES string of the molecule is [2H]c1c([2H])c(-c2cnc(N)c(-c3ccc(CC(=O)c4cn(CC5CCOCC5)cc(-c5ccc(C)cn5)c4=O)cc3F)c2)c([2H])c(OC([2H])([2H])[2H])c1OC[C@H]1COCCO1. The van der Waals surface area contributed by atoms with E-state index in [0.29, 0.717) is 44.6 Å². The van der Waals surface area contributed by atoms with Crippen molar-refractivity contribution in [2.45, 2.75) is 38.8 Å². The molecule has 7 rings (SSSR count). The average molecular weight is 741 g/mol. The van der Waals surface area contributed by atoms with Gasteiger partial charge in [-0.05, 0) is 72.7 Å². The number of ketones is 1. The van der Waals surface area contributed by atoms with Crippen molar-refractivity contribution in [1.82, 2.24) is 14.5 Å². The van der Waals surface area contributed by atoms with Gasteiger partial charge in [-0.2, -0.15) is 0 Å². The van der Waals surface area contributed by atoms with Gasteiger partial charge in [-0.15, -0.1) is 0 Å². The Bertz CT molecular complexity index is 2450. The number of carbonyl (C=O) groups excluding carboxylic acids is 1. The summed E-state index contributed by atoms with van der Waals surface area (Å²) in [6, 6.07) is 7.39.